The zero-order valence-electron chi connectivity index (χ0n) is 14.4. The summed E-state index contributed by atoms with van der Waals surface area (Å²) in [4.78, 5) is 0. The van der Waals surface area contributed by atoms with Gasteiger partial charge in [-0.05, 0) is 29.5 Å². The lowest BCUT2D eigenvalue weighted by molar-refractivity contribution is 0.347. The molecule has 24 heavy (non-hydrogen) atoms. The number of rotatable bonds is 10. The van der Waals surface area contributed by atoms with E-state index in [2.05, 4.69) is 20.8 Å². The molecule has 0 spiro atoms. The lowest BCUT2D eigenvalue weighted by Gasteiger charge is -2.14. The van der Waals surface area contributed by atoms with Gasteiger partial charge in [0.25, 0.3) is 0 Å². The Morgan fingerprint density at radius 1 is 1.08 bits per heavy atom. The highest BCUT2D eigenvalue weighted by Gasteiger charge is 2.11. The largest absolute Gasteiger partial charge is 0.496 e. The third-order valence-electron chi connectivity index (χ3n) is 3.41. The summed E-state index contributed by atoms with van der Waals surface area (Å²) in [6, 6.07) is 3.78. The Kier molecular flexibility index (Phi) is 7.13. The Hall–Kier alpha value is -2.00. The number of thioether (sulfide) groups is 1. The van der Waals surface area contributed by atoms with E-state index in [1.165, 1.54) is 0 Å². The minimum absolute atomic E-state index is 0.659. The van der Waals surface area contributed by atoms with E-state index in [4.69, 9.17) is 14.2 Å². The first kappa shape index (κ1) is 18.3. The average Bonchev–Trinajstić information content (AvgIpc) is 3.02. The standard InChI is InChI=1S/C15H23N5O3S/c1-20-15(17-18-19-20)24-7-5-6-16-10-11-8-13(22-3)14(23-4)9-12(11)21-2/h8-9,16H,5-7,10H2,1-4H3. The number of methoxy groups -OCH3 is 3. The van der Waals surface area contributed by atoms with Gasteiger partial charge in [-0.1, -0.05) is 11.8 Å². The van der Waals surface area contributed by atoms with Crippen LogP contribution in [0.3, 0.4) is 0 Å². The van der Waals surface area contributed by atoms with Crippen LogP contribution >= 0.6 is 11.8 Å². The predicted octanol–water partition coefficient (Wildman–Crippen LogP) is 1.51. The van der Waals surface area contributed by atoms with Crippen LogP contribution in [-0.2, 0) is 13.6 Å². The maximum absolute atomic E-state index is 5.42. The SMILES string of the molecule is COc1cc(OC)c(OC)cc1CNCCCSc1nnnn1C. The molecule has 0 aliphatic carbocycles. The first-order chi connectivity index (χ1) is 11.7. The molecular weight excluding hydrogens is 330 g/mol. The molecule has 132 valence electrons. The monoisotopic (exact) mass is 353 g/mol. The second-order valence-corrected chi connectivity index (χ2v) is 6.04. The number of aromatic nitrogens is 4. The van der Waals surface area contributed by atoms with E-state index in [1.807, 2.05) is 19.2 Å². The molecule has 8 nitrogen and oxygen atoms in total. The van der Waals surface area contributed by atoms with Crippen molar-refractivity contribution in [3.63, 3.8) is 0 Å². The number of tetrazole rings is 1. The van der Waals surface area contributed by atoms with Crippen LogP contribution in [0.25, 0.3) is 0 Å². The molecule has 0 radical (unpaired) electrons. The van der Waals surface area contributed by atoms with Crippen LogP contribution in [0.5, 0.6) is 17.2 Å². The van der Waals surface area contributed by atoms with Gasteiger partial charge in [-0.25, -0.2) is 4.68 Å². The van der Waals surface area contributed by atoms with Crippen LogP contribution < -0.4 is 19.5 Å². The molecule has 0 bridgehead atoms. The molecule has 0 aliphatic heterocycles. The first-order valence-corrected chi connectivity index (χ1v) is 8.53. The van der Waals surface area contributed by atoms with Crippen molar-refractivity contribution in [2.75, 3.05) is 33.6 Å². The molecule has 1 heterocycles. The van der Waals surface area contributed by atoms with E-state index in [-0.39, 0.29) is 0 Å². The summed E-state index contributed by atoms with van der Waals surface area (Å²) in [6.45, 7) is 1.58. The summed E-state index contributed by atoms with van der Waals surface area (Å²) < 4.78 is 17.7. The van der Waals surface area contributed by atoms with Crippen molar-refractivity contribution in [1.82, 2.24) is 25.5 Å². The summed E-state index contributed by atoms with van der Waals surface area (Å²) >= 11 is 1.64. The Morgan fingerprint density at radius 2 is 1.79 bits per heavy atom. The Labute approximate surface area is 145 Å². The van der Waals surface area contributed by atoms with Gasteiger partial charge >= 0.3 is 0 Å². The lowest BCUT2D eigenvalue weighted by atomic mass is 10.1. The minimum Gasteiger partial charge on any atom is -0.496 e. The molecule has 0 aliphatic rings. The highest BCUT2D eigenvalue weighted by molar-refractivity contribution is 7.99. The molecule has 9 heteroatoms. The highest BCUT2D eigenvalue weighted by Crippen LogP contribution is 2.34. The first-order valence-electron chi connectivity index (χ1n) is 7.54. The van der Waals surface area contributed by atoms with E-state index >= 15 is 0 Å². The van der Waals surface area contributed by atoms with Gasteiger partial charge in [-0.15, -0.1) is 5.10 Å². The van der Waals surface area contributed by atoms with Crippen molar-refractivity contribution in [2.45, 2.75) is 18.1 Å². The predicted molar refractivity (Wildman–Crippen MR) is 91.9 cm³/mol. The van der Waals surface area contributed by atoms with Crippen molar-refractivity contribution in [3.8, 4) is 17.2 Å². The Morgan fingerprint density at radius 3 is 2.42 bits per heavy atom. The summed E-state index contributed by atoms with van der Waals surface area (Å²) in [5.74, 6) is 3.08. The topological polar surface area (TPSA) is 83.3 Å². The van der Waals surface area contributed by atoms with Crippen molar-refractivity contribution in [2.24, 2.45) is 7.05 Å². The molecule has 1 aromatic heterocycles. The molecule has 0 unspecified atom stereocenters. The van der Waals surface area contributed by atoms with Crippen molar-refractivity contribution < 1.29 is 14.2 Å². The van der Waals surface area contributed by atoms with Gasteiger partial charge in [0.05, 0.1) is 21.3 Å². The van der Waals surface area contributed by atoms with Crippen LogP contribution in [0.15, 0.2) is 17.3 Å². The van der Waals surface area contributed by atoms with Gasteiger partial charge < -0.3 is 19.5 Å². The summed E-state index contributed by atoms with van der Waals surface area (Å²) in [6.07, 6.45) is 1.01. The summed E-state index contributed by atoms with van der Waals surface area (Å²) in [7, 11) is 6.72. The average molecular weight is 353 g/mol. The molecule has 0 atom stereocenters. The molecule has 0 amide bonds. The van der Waals surface area contributed by atoms with Gasteiger partial charge in [0.2, 0.25) is 5.16 Å². The Balaban J connectivity index is 1.80. The second-order valence-electron chi connectivity index (χ2n) is 4.98. The minimum atomic E-state index is 0.659. The number of aryl methyl sites for hydroxylation is 1. The summed E-state index contributed by atoms with van der Waals surface area (Å²) in [5, 5.41) is 15.6. The zero-order chi connectivity index (χ0) is 17.4. The van der Waals surface area contributed by atoms with Gasteiger partial charge in [0, 0.05) is 31.0 Å². The van der Waals surface area contributed by atoms with E-state index in [0.717, 1.165) is 35.2 Å². The van der Waals surface area contributed by atoms with Crippen molar-refractivity contribution in [1.29, 1.82) is 0 Å². The fourth-order valence-corrected chi connectivity index (χ4v) is 2.95. The van der Waals surface area contributed by atoms with E-state index < -0.39 is 0 Å². The molecule has 1 aromatic carbocycles. The van der Waals surface area contributed by atoms with E-state index in [1.54, 1.807) is 37.8 Å². The fraction of sp³-hybridized carbons (Fsp3) is 0.533. The smallest absolute Gasteiger partial charge is 0.209 e. The number of hydrogen-bond donors (Lipinski definition) is 1. The normalized spacial score (nSPS) is 10.7. The van der Waals surface area contributed by atoms with Crippen LogP contribution in [0, 0.1) is 0 Å². The molecule has 0 saturated heterocycles. The van der Waals surface area contributed by atoms with Crippen LogP contribution in [0.4, 0.5) is 0 Å². The van der Waals surface area contributed by atoms with Crippen molar-refractivity contribution >= 4 is 11.8 Å². The molecule has 2 aromatic rings. The maximum atomic E-state index is 5.42. The number of ether oxygens (including phenoxy) is 3. The number of nitrogens with zero attached hydrogens (tertiary/aromatic N) is 4. The third-order valence-corrected chi connectivity index (χ3v) is 4.51. The molecule has 0 fully saturated rings. The fourth-order valence-electron chi connectivity index (χ4n) is 2.16. The van der Waals surface area contributed by atoms with E-state index in [9.17, 15) is 0 Å². The molecule has 0 saturated carbocycles. The van der Waals surface area contributed by atoms with Gasteiger partial charge in [-0.3, -0.25) is 0 Å². The van der Waals surface area contributed by atoms with Gasteiger partial charge in [0.15, 0.2) is 11.5 Å². The van der Waals surface area contributed by atoms with Crippen molar-refractivity contribution in [3.05, 3.63) is 17.7 Å². The van der Waals surface area contributed by atoms with Crippen LogP contribution in [0.1, 0.15) is 12.0 Å². The summed E-state index contributed by atoms with van der Waals surface area (Å²) in [5.41, 5.74) is 1.03. The highest BCUT2D eigenvalue weighted by atomic mass is 32.2. The number of benzene rings is 1. The molecule has 2 rings (SSSR count). The molecule has 1 N–H and O–H groups in total. The lowest BCUT2D eigenvalue weighted by Crippen LogP contribution is -2.16. The van der Waals surface area contributed by atoms with Gasteiger partial charge in [-0.2, -0.15) is 0 Å². The zero-order valence-corrected chi connectivity index (χ0v) is 15.2. The van der Waals surface area contributed by atoms with Crippen LogP contribution in [0.2, 0.25) is 0 Å². The second kappa shape index (κ2) is 9.33. The third kappa shape index (κ3) is 4.75. The Bertz CT molecular complexity index is 650. The number of hydrogen-bond acceptors (Lipinski definition) is 8. The number of nitrogens with one attached hydrogen (secondary N) is 1. The maximum Gasteiger partial charge on any atom is 0.209 e. The quantitative estimate of drug-likeness (QED) is 0.508. The molecular formula is C15H23N5O3S. The van der Waals surface area contributed by atoms with Crippen LogP contribution in [-0.4, -0.2) is 53.8 Å². The van der Waals surface area contributed by atoms with E-state index in [0.29, 0.717) is 18.0 Å². The van der Waals surface area contributed by atoms with Gasteiger partial charge in [0.1, 0.15) is 5.75 Å².